The van der Waals surface area contributed by atoms with E-state index < -0.39 is 0 Å². The molecule has 0 aromatic carbocycles. The van der Waals surface area contributed by atoms with Crippen LogP contribution in [-0.4, -0.2) is 57.9 Å². The molecule has 0 radical (unpaired) electrons. The molecule has 0 saturated heterocycles. The van der Waals surface area contributed by atoms with Crippen LogP contribution >= 0.6 is 11.8 Å². The summed E-state index contributed by atoms with van der Waals surface area (Å²) in [5.41, 5.74) is 0. The van der Waals surface area contributed by atoms with Gasteiger partial charge in [-0.25, -0.2) is 0 Å². The predicted molar refractivity (Wildman–Crippen MR) is 81.1 cm³/mol. The Balaban J connectivity index is 1.87. The molecule has 0 spiro atoms. The third-order valence-electron chi connectivity index (χ3n) is 2.84. The van der Waals surface area contributed by atoms with E-state index in [1.54, 1.807) is 44.1 Å². The van der Waals surface area contributed by atoms with E-state index in [4.69, 9.17) is 4.42 Å². The summed E-state index contributed by atoms with van der Waals surface area (Å²) in [6.07, 6.45) is 1.56. The number of rotatable bonds is 6. The second-order valence-electron chi connectivity index (χ2n) is 4.70. The average molecular weight is 323 g/mol. The van der Waals surface area contributed by atoms with Crippen LogP contribution in [0.25, 0.3) is 11.6 Å². The van der Waals surface area contributed by atoms with Crippen molar-refractivity contribution >= 4 is 23.6 Å². The van der Waals surface area contributed by atoms with Crippen LogP contribution in [-0.2, 0) is 16.6 Å². The Hall–Kier alpha value is -2.29. The van der Waals surface area contributed by atoms with Crippen LogP contribution in [0.3, 0.4) is 0 Å². The quantitative estimate of drug-likeness (QED) is 0.772. The molecule has 0 bridgehead atoms. The van der Waals surface area contributed by atoms with E-state index in [2.05, 4.69) is 15.5 Å². The fourth-order valence-corrected chi connectivity index (χ4v) is 2.32. The molecule has 8 nitrogen and oxygen atoms in total. The number of nitrogens with zero attached hydrogens (tertiary/aromatic N) is 4. The van der Waals surface area contributed by atoms with Gasteiger partial charge in [-0.3, -0.25) is 9.59 Å². The van der Waals surface area contributed by atoms with Crippen molar-refractivity contribution in [2.75, 3.05) is 26.4 Å². The molecule has 2 rings (SSSR count). The second-order valence-corrected chi connectivity index (χ2v) is 5.64. The smallest absolute Gasteiger partial charge is 0.241 e. The maximum Gasteiger partial charge on any atom is 0.241 e. The lowest BCUT2D eigenvalue weighted by molar-refractivity contribution is -0.130. The van der Waals surface area contributed by atoms with Gasteiger partial charge in [0.05, 0.1) is 18.6 Å². The lowest BCUT2D eigenvalue weighted by Crippen LogP contribution is -2.37. The molecule has 0 atom stereocenters. The van der Waals surface area contributed by atoms with Gasteiger partial charge >= 0.3 is 0 Å². The maximum absolute atomic E-state index is 11.7. The van der Waals surface area contributed by atoms with E-state index in [0.717, 1.165) is 0 Å². The van der Waals surface area contributed by atoms with Crippen molar-refractivity contribution in [3.8, 4) is 11.6 Å². The summed E-state index contributed by atoms with van der Waals surface area (Å²) in [5, 5.41) is 11.2. The van der Waals surface area contributed by atoms with Gasteiger partial charge in [0.1, 0.15) is 0 Å². The third-order valence-corrected chi connectivity index (χ3v) is 3.86. The van der Waals surface area contributed by atoms with Gasteiger partial charge in [0, 0.05) is 21.1 Å². The highest BCUT2D eigenvalue weighted by molar-refractivity contribution is 7.99. The summed E-state index contributed by atoms with van der Waals surface area (Å²) in [5.74, 6) is 0.976. The summed E-state index contributed by atoms with van der Waals surface area (Å²) in [4.78, 5) is 24.5. The minimum absolute atomic E-state index is 0.0111. The highest BCUT2D eigenvalue weighted by Gasteiger charge is 2.15. The Morgan fingerprint density at radius 2 is 2.18 bits per heavy atom. The summed E-state index contributed by atoms with van der Waals surface area (Å²) in [6.45, 7) is -0.0111. The van der Waals surface area contributed by atoms with Gasteiger partial charge in [-0.15, -0.1) is 10.2 Å². The highest BCUT2D eigenvalue weighted by Crippen LogP contribution is 2.22. The summed E-state index contributed by atoms with van der Waals surface area (Å²) in [7, 11) is 5.07. The van der Waals surface area contributed by atoms with Crippen LogP contribution in [0, 0.1) is 0 Å². The van der Waals surface area contributed by atoms with Crippen molar-refractivity contribution in [3.63, 3.8) is 0 Å². The number of amides is 2. The third kappa shape index (κ3) is 3.88. The molecule has 9 heteroatoms. The van der Waals surface area contributed by atoms with Crippen LogP contribution in [0.4, 0.5) is 0 Å². The zero-order valence-corrected chi connectivity index (χ0v) is 13.4. The van der Waals surface area contributed by atoms with Gasteiger partial charge in [0.25, 0.3) is 0 Å². The molecule has 2 aromatic rings. The number of carbonyl (C=O) groups is 2. The van der Waals surface area contributed by atoms with E-state index in [0.29, 0.717) is 16.7 Å². The topological polar surface area (TPSA) is 93.3 Å². The Kier molecular flexibility index (Phi) is 5.21. The predicted octanol–water partition coefficient (Wildman–Crippen LogP) is 0.372. The standard InChI is InChI=1S/C13H17N5O3S/c1-17(2)11(20)7-14-10(19)8-22-13-16-15-12(18(13)3)9-5-4-6-21-9/h4-6H,7-8H2,1-3H3,(H,14,19). The van der Waals surface area contributed by atoms with Crippen LogP contribution in [0.1, 0.15) is 0 Å². The van der Waals surface area contributed by atoms with Crippen molar-refractivity contribution in [2.45, 2.75) is 5.16 Å². The number of hydrogen-bond donors (Lipinski definition) is 1. The van der Waals surface area contributed by atoms with E-state index in [1.165, 1.54) is 16.7 Å². The molecule has 0 aliphatic heterocycles. The van der Waals surface area contributed by atoms with Crippen LogP contribution in [0.15, 0.2) is 28.0 Å². The molecule has 0 saturated carbocycles. The van der Waals surface area contributed by atoms with Crippen LogP contribution < -0.4 is 5.32 Å². The molecule has 0 aliphatic rings. The SMILES string of the molecule is CN(C)C(=O)CNC(=O)CSc1nnc(-c2ccco2)n1C. The second kappa shape index (κ2) is 7.12. The first kappa shape index (κ1) is 16.1. The number of hydrogen-bond acceptors (Lipinski definition) is 6. The molecule has 2 heterocycles. The fourth-order valence-electron chi connectivity index (χ4n) is 1.57. The molecule has 22 heavy (non-hydrogen) atoms. The maximum atomic E-state index is 11.7. The Morgan fingerprint density at radius 3 is 2.82 bits per heavy atom. The number of furan rings is 1. The molecular formula is C13H17N5O3S. The average Bonchev–Trinajstić information content (AvgIpc) is 3.12. The van der Waals surface area contributed by atoms with Gasteiger partial charge in [0.2, 0.25) is 11.8 Å². The van der Waals surface area contributed by atoms with E-state index in [9.17, 15) is 9.59 Å². The minimum Gasteiger partial charge on any atom is -0.461 e. The van der Waals surface area contributed by atoms with Gasteiger partial charge in [-0.2, -0.15) is 0 Å². The lowest BCUT2D eigenvalue weighted by atomic mass is 10.4. The largest absolute Gasteiger partial charge is 0.461 e. The normalized spacial score (nSPS) is 10.5. The van der Waals surface area contributed by atoms with E-state index >= 15 is 0 Å². The first-order chi connectivity index (χ1) is 10.5. The van der Waals surface area contributed by atoms with Crippen molar-refractivity contribution < 1.29 is 14.0 Å². The molecular weight excluding hydrogens is 306 g/mol. The number of likely N-dealkylation sites (N-methyl/N-ethyl adjacent to an activating group) is 1. The van der Waals surface area contributed by atoms with Crippen molar-refractivity contribution in [2.24, 2.45) is 7.05 Å². The Labute approximate surface area is 131 Å². The molecule has 0 aliphatic carbocycles. The zero-order valence-electron chi connectivity index (χ0n) is 12.6. The lowest BCUT2D eigenvalue weighted by Gasteiger charge is -2.10. The minimum atomic E-state index is -0.234. The van der Waals surface area contributed by atoms with Crippen LogP contribution in [0.2, 0.25) is 0 Å². The Morgan fingerprint density at radius 1 is 1.41 bits per heavy atom. The molecule has 0 fully saturated rings. The van der Waals surface area contributed by atoms with Crippen LogP contribution in [0.5, 0.6) is 0 Å². The monoisotopic (exact) mass is 323 g/mol. The number of nitrogens with one attached hydrogen (secondary N) is 1. The molecule has 1 N–H and O–H groups in total. The van der Waals surface area contributed by atoms with Gasteiger partial charge < -0.3 is 19.2 Å². The van der Waals surface area contributed by atoms with Gasteiger partial charge in [-0.05, 0) is 12.1 Å². The first-order valence-corrected chi connectivity index (χ1v) is 7.50. The van der Waals surface area contributed by atoms with Crippen molar-refractivity contribution in [1.82, 2.24) is 25.0 Å². The summed E-state index contributed by atoms with van der Waals surface area (Å²) in [6, 6.07) is 3.56. The molecule has 2 amide bonds. The van der Waals surface area contributed by atoms with Gasteiger partial charge in [0.15, 0.2) is 16.7 Å². The zero-order chi connectivity index (χ0) is 16.1. The van der Waals surface area contributed by atoms with E-state index in [-0.39, 0.29) is 24.1 Å². The first-order valence-electron chi connectivity index (χ1n) is 6.52. The molecule has 0 unspecified atom stereocenters. The summed E-state index contributed by atoms with van der Waals surface area (Å²) >= 11 is 1.24. The number of aromatic nitrogens is 3. The van der Waals surface area contributed by atoms with Gasteiger partial charge in [-0.1, -0.05) is 11.8 Å². The molecule has 118 valence electrons. The highest BCUT2D eigenvalue weighted by atomic mass is 32.2. The number of carbonyl (C=O) groups excluding carboxylic acids is 2. The number of thioether (sulfide) groups is 1. The fraction of sp³-hybridized carbons (Fsp3) is 0.385. The van der Waals surface area contributed by atoms with Crippen molar-refractivity contribution in [1.29, 1.82) is 0 Å². The molecule has 2 aromatic heterocycles. The summed E-state index contributed by atoms with van der Waals surface area (Å²) < 4.78 is 7.02. The van der Waals surface area contributed by atoms with Crippen molar-refractivity contribution in [3.05, 3.63) is 18.4 Å². The van der Waals surface area contributed by atoms with E-state index in [1.807, 2.05) is 0 Å². The Bertz CT molecular complexity index is 651.